The number of unbranched alkanes of at least 4 members (excludes halogenated alkanes) is 6. The molecule has 6 fully saturated rings. The zero-order chi connectivity index (χ0) is 62.2. The van der Waals surface area contributed by atoms with E-state index in [0.29, 0.717) is 30.2 Å². The van der Waals surface area contributed by atoms with Gasteiger partial charge in [0.2, 0.25) is 23.8 Å². The molecule has 85 heavy (non-hydrogen) atoms. The van der Waals surface area contributed by atoms with Gasteiger partial charge in [-0.25, -0.2) is 0 Å². The zero-order valence-corrected chi connectivity index (χ0v) is 58.2. The summed E-state index contributed by atoms with van der Waals surface area (Å²) in [7, 11) is 4.67. The van der Waals surface area contributed by atoms with Crippen LogP contribution in [0.25, 0.3) is 0 Å². The van der Waals surface area contributed by atoms with Crippen LogP contribution in [0.1, 0.15) is 257 Å². The number of hydrogen-bond acceptors (Lipinski definition) is 17. The Morgan fingerprint density at radius 1 is 0.424 bits per heavy atom. The number of morpholine rings is 1. The first-order chi connectivity index (χ1) is 39.5. The van der Waals surface area contributed by atoms with Crippen molar-refractivity contribution in [2.45, 2.75) is 334 Å². The van der Waals surface area contributed by atoms with Gasteiger partial charge in [-0.15, -0.1) is 0 Å². The molecule has 0 unspecified atom stereocenters. The third kappa shape index (κ3) is 22.1. The Morgan fingerprint density at radius 3 is 1.15 bits per heavy atom. The topological polar surface area (TPSA) is 163 Å². The van der Waals surface area contributed by atoms with Gasteiger partial charge in [0.1, 0.15) is 11.6 Å². The maximum Gasteiger partial charge on any atom is 0.230 e. The number of nitrogens with one attached hydrogen (secondary N) is 5. The first-order valence-corrected chi connectivity index (χ1v) is 34.2. The van der Waals surface area contributed by atoms with Crippen LogP contribution in [0.2, 0.25) is 0 Å². The van der Waals surface area contributed by atoms with E-state index >= 15 is 0 Å². The second kappa shape index (κ2) is 28.8. The minimum Gasteiger partial charge on any atom is -0.378 e. The Balaban J connectivity index is 0.000000244. The van der Waals surface area contributed by atoms with Crippen LogP contribution in [0.4, 0.5) is 23.8 Å². The molecular formula is C68H128N16O. The molecule has 5 aliphatic heterocycles. The molecule has 17 nitrogen and oxygen atoms in total. The zero-order valence-electron chi connectivity index (χ0n) is 58.2. The molecule has 0 atom stereocenters. The van der Waals surface area contributed by atoms with E-state index in [4.69, 9.17) is 34.6 Å². The lowest BCUT2D eigenvalue weighted by Gasteiger charge is -2.49. The Hall–Kier alpha value is -3.06. The SMILES string of the molecule is Cc1nc(N2CCOCC2)nc(N(CCCCCCN(C)C2CC(C)(C)NC(C)(C)C2)C2CC(C)(C)NC(C)(C)C2)n1.Cc1nc(NC2CCCCC2)nc(N(CCCCCCN(C)C2CC(C)(C)NC(C)(C)C2)C2CC(C)(C)NC(C)(C)C2)n1. The number of aryl methyl sites for hydroxylation is 2. The highest BCUT2D eigenvalue weighted by molar-refractivity contribution is 5.42. The van der Waals surface area contributed by atoms with Crippen LogP contribution in [0.3, 0.4) is 0 Å². The number of aromatic nitrogens is 6. The normalized spacial score (nSPS) is 24.2. The molecule has 1 saturated carbocycles. The second-order valence-corrected chi connectivity index (χ2v) is 33.1. The summed E-state index contributed by atoms with van der Waals surface area (Å²) in [4.78, 5) is 42.0. The van der Waals surface area contributed by atoms with Gasteiger partial charge < -0.3 is 55.8 Å². The molecule has 7 heterocycles. The molecule has 0 spiro atoms. The maximum atomic E-state index is 5.59. The summed E-state index contributed by atoms with van der Waals surface area (Å²) in [6.45, 7) is 49.0. The Morgan fingerprint density at radius 2 is 0.765 bits per heavy atom. The van der Waals surface area contributed by atoms with E-state index in [1.807, 2.05) is 13.8 Å². The minimum absolute atomic E-state index is 0.0577. The second-order valence-electron chi connectivity index (χ2n) is 33.1. The fourth-order valence-corrected chi connectivity index (χ4v) is 17.0. The number of hydrogen-bond donors (Lipinski definition) is 5. The average molecular weight is 1190 g/mol. The predicted molar refractivity (Wildman–Crippen MR) is 357 cm³/mol. The van der Waals surface area contributed by atoms with E-state index in [0.717, 1.165) is 113 Å². The van der Waals surface area contributed by atoms with Gasteiger partial charge in [-0.1, -0.05) is 44.9 Å². The van der Waals surface area contributed by atoms with Gasteiger partial charge in [-0.3, -0.25) is 0 Å². The minimum atomic E-state index is 0.0577. The number of ether oxygens (including phenoxy) is 1. The Bertz CT molecular complexity index is 2310. The molecule has 0 bridgehead atoms. The summed E-state index contributed by atoms with van der Waals surface area (Å²) >= 11 is 0. The van der Waals surface area contributed by atoms with Crippen LogP contribution in [0.15, 0.2) is 0 Å². The quantitative estimate of drug-likeness (QED) is 0.0667. The van der Waals surface area contributed by atoms with Crippen LogP contribution >= 0.6 is 0 Å². The molecule has 2 aromatic heterocycles. The van der Waals surface area contributed by atoms with Gasteiger partial charge in [-0.05, 0) is 242 Å². The van der Waals surface area contributed by atoms with Crippen LogP contribution in [0.5, 0.6) is 0 Å². The Labute approximate surface area is 519 Å². The lowest BCUT2D eigenvalue weighted by Crippen LogP contribution is -2.62. The molecule has 5 saturated heterocycles. The number of nitrogens with zero attached hydrogens (tertiary/aromatic N) is 11. The largest absolute Gasteiger partial charge is 0.378 e. The van der Waals surface area contributed by atoms with E-state index in [1.165, 1.54) is 109 Å². The van der Waals surface area contributed by atoms with Crippen molar-refractivity contribution in [3.8, 4) is 0 Å². The maximum absolute atomic E-state index is 5.59. The summed E-state index contributed by atoms with van der Waals surface area (Å²) in [5, 5.41) is 19.1. The molecule has 8 rings (SSSR count). The van der Waals surface area contributed by atoms with Crippen LogP contribution in [-0.2, 0) is 4.74 Å². The predicted octanol–water partition coefficient (Wildman–Crippen LogP) is 11.8. The molecule has 0 amide bonds. The van der Waals surface area contributed by atoms with Crippen LogP contribution in [0, 0.1) is 13.8 Å². The molecule has 0 aromatic carbocycles. The first-order valence-electron chi connectivity index (χ1n) is 34.2. The molecule has 0 radical (unpaired) electrons. The van der Waals surface area contributed by atoms with E-state index in [1.54, 1.807) is 0 Å². The van der Waals surface area contributed by atoms with Gasteiger partial charge in [0.15, 0.2) is 0 Å². The van der Waals surface area contributed by atoms with Gasteiger partial charge in [0.25, 0.3) is 0 Å². The van der Waals surface area contributed by atoms with Crippen molar-refractivity contribution in [2.24, 2.45) is 0 Å². The van der Waals surface area contributed by atoms with E-state index < -0.39 is 0 Å². The molecule has 1 aliphatic carbocycles. The summed E-state index contributed by atoms with van der Waals surface area (Å²) in [6, 6.07) is 2.55. The van der Waals surface area contributed by atoms with E-state index in [9.17, 15) is 0 Å². The van der Waals surface area contributed by atoms with Crippen molar-refractivity contribution in [2.75, 3.05) is 86.6 Å². The van der Waals surface area contributed by atoms with Crippen LogP contribution in [-0.4, -0.2) is 181 Å². The van der Waals surface area contributed by atoms with Gasteiger partial charge >= 0.3 is 0 Å². The molecule has 5 N–H and O–H groups in total. The van der Waals surface area contributed by atoms with Crippen molar-refractivity contribution < 1.29 is 4.74 Å². The van der Waals surface area contributed by atoms with Crippen molar-refractivity contribution in [1.82, 2.24) is 61.0 Å². The number of anilines is 4. The van der Waals surface area contributed by atoms with Gasteiger partial charge in [0, 0.05) is 101 Å². The first kappa shape index (κ1) is 69.4. The lowest BCUT2D eigenvalue weighted by molar-refractivity contribution is 0.0802. The number of rotatable bonds is 23. The number of piperidine rings is 4. The van der Waals surface area contributed by atoms with Gasteiger partial charge in [0.05, 0.1) is 13.2 Å². The third-order valence-corrected chi connectivity index (χ3v) is 19.3. The lowest BCUT2D eigenvalue weighted by atomic mass is 9.79. The summed E-state index contributed by atoms with van der Waals surface area (Å²) in [6.07, 6.45) is 25.3. The van der Waals surface area contributed by atoms with Crippen LogP contribution < -0.4 is 41.3 Å². The Kier molecular flexibility index (Phi) is 23.5. The van der Waals surface area contributed by atoms with Crippen molar-refractivity contribution in [1.29, 1.82) is 0 Å². The molecule has 6 aliphatic rings. The summed E-state index contributed by atoms with van der Waals surface area (Å²) in [5.41, 5.74) is 1.02. The monoisotopic (exact) mass is 1190 g/mol. The van der Waals surface area contributed by atoms with E-state index in [2.05, 4.69) is 176 Å². The van der Waals surface area contributed by atoms with Gasteiger partial charge in [-0.2, -0.15) is 29.9 Å². The van der Waals surface area contributed by atoms with Crippen molar-refractivity contribution in [3.63, 3.8) is 0 Å². The highest BCUT2D eigenvalue weighted by atomic mass is 16.5. The highest BCUT2D eigenvalue weighted by Crippen LogP contribution is 2.37. The molecular weight excluding hydrogens is 1060 g/mol. The fraction of sp³-hybridized carbons (Fsp3) is 0.912. The molecule has 2 aromatic rings. The summed E-state index contributed by atoms with van der Waals surface area (Å²) < 4.78 is 5.59. The highest BCUT2D eigenvalue weighted by Gasteiger charge is 2.44. The van der Waals surface area contributed by atoms with E-state index in [-0.39, 0.29) is 44.3 Å². The third-order valence-electron chi connectivity index (χ3n) is 19.3. The molecule has 17 heteroatoms. The smallest absolute Gasteiger partial charge is 0.230 e. The van der Waals surface area contributed by atoms with Crippen molar-refractivity contribution >= 4 is 23.8 Å². The fourth-order valence-electron chi connectivity index (χ4n) is 17.0. The average Bonchev–Trinajstić information content (AvgIpc) is 2.66. The summed E-state index contributed by atoms with van der Waals surface area (Å²) in [5.74, 6) is 4.88. The van der Waals surface area contributed by atoms with Crippen molar-refractivity contribution in [3.05, 3.63) is 11.6 Å². The standard InChI is InChI=1S/C35H66N8.C33H62N8O/c1-26-36-30(38-27-18-14-13-15-19-27)39-31(37-26)43(29-24-34(6,7)41-35(8,9)25-29)21-17-12-11-16-20-42(10)28-22-32(2,3)40-33(4,5)23-28;1-25-34-28(40-17-19-42-20-18-40)36-29(35-25)41(27-23-32(6,7)38-33(8,9)24-27)16-14-12-11-13-15-39(10)26-21-30(2,3)37-31(4,5)22-26/h27-29,40-41H,11-25H2,1-10H3,(H,36,37,38,39);26-27,37-38H,11-24H2,1-10H3. The molecule has 486 valence electrons.